The summed E-state index contributed by atoms with van der Waals surface area (Å²) in [6.07, 6.45) is 3.59. The lowest BCUT2D eigenvalue weighted by Gasteiger charge is -2.37. The normalized spacial score (nSPS) is 17.5. The summed E-state index contributed by atoms with van der Waals surface area (Å²) in [6, 6.07) is 3.65. The van der Waals surface area contributed by atoms with Gasteiger partial charge in [0, 0.05) is 57.0 Å². The largest absolute Gasteiger partial charge is 0.524 e. The van der Waals surface area contributed by atoms with E-state index in [4.69, 9.17) is 9.26 Å². The van der Waals surface area contributed by atoms with E-state index in [1.165, 1.54) is 32.0 Å². The molecule has 352 valence electrons. The quantitative estimate of drug-likeness (QED) is 0.0268. The predicted molar refractivity (Wildman–Crippen MR) is 244 cm³/mol. The number of hydrogen-bond acceptors (Lipinski definition) is 13. The van der Waals surface area contributed by atoms with E-state index in [-0.39, 0.29) is 91.0 Å². The number of ketones is 2. The molecule has 2 amide bonds. The van der Waals surface area contributed by atoms with Crippen molar-refractivity contribution in [2.45, 2.75) is 130 Å². The maximum atomic E-state index is 14.3. The van der Waals surface area contributed by atoms with Gasteiger partial charge in [-0.25, -0.2) is 9.55 Å². The van der Waals surface area contributed by atoms with Gasteiger partial charge in [0.15, 0.2) is 23.4 Å². The molecule has 63 heavy (non-hydrogen) atoms. The molecule has 0 saturated carbocycles. The number of likely N-dealkylation sites (tertiary alicyclic amines) is 1. The zero-order valence-corrected chi connectivity index (χ0v) is 40.4. The van der Waals surface area contributed by atoms with E-state index >= 15 is 0 Å². The number of ether oxygens (including phenoxy) is 1. The number of phosphoric acid groups is 1. The van der Waals surface area contributed by atoms with E-state index in [9.17, 15) is 48.2 Å². The molecular weight excluding hydrogens is 872 g/mol. The Kier molecular flexibility index (Phi) is 21.4. The van der Waals surface area contributed by atoms with Crippen LogP contribution in [0.4, 0.5) is 5.69 Å². The number of hydrogen-bond donors (Lipinski definition) is 5. The molecule has 1 aliphatic rings. The Morgan fingerprint density at radius 3 is 2.37 bits per heavy atom. The number of thiol groups is 1. The highest BCUT2D eigenvalue weighted by molar-refractivity contribution is 7.80. The number of esters is 1. The van der Waals surface area contributed by atoms with Crippen molar-refractivity contribution in [1.82, 2.24) is 14.8 Å². The summed E-state index contributed by atoms with van der Waals surface area (Å²) in [5, 5.41) is 14.3. The summed E-state index contributed by atoms with van der Waals surface area (Å²) < 4.78 is 22.3. The standard InChI is InChI=1S/C44H67N4O12PS2/c1-9-27(4)32(23-38(51)35-13-10-11-17-47(35)7)43(53)48(8)36(26(2)3)24-40(59-29(6)49)42-46-34(25-63-42)37(50)22-31(19-28(5)44(54)55)20-30-15-16-39(60-61(56,57)58)33(21-30)45-41(52)14-12-18-62/h15-16,21,25-28,31-32,35-36,40,62H,9-14,17-20,22-24H2,1-8H3,(H,45,52)(H,54,55)(H2,56,57,58)/t27-,28?,31+,32?,35?,36+,40+/m0/s1. The molecule has 1 aromatic heterocycles. The number of likely N-dealkylation sites (N-methyl/N-ethyl adjacent to an activating group) is 1. The Hall–Kier alpha value is -3.67. The van der Waals surface area contributed by atoms with Crippen molar-refractivity contribution in [1.29, 1.82) is 0 Å². The predicted octanol–water partition coefficient (Wildman–Crippen LogP) is 7.39. The molecule has 3 unspecified atom stereocenters. The number of carboxylic acids is 1. The molecule has 1 aliphatic heterocycles. The average Bonchev–Trinajstić information content (AvgIpc) is 3.71. The summed E-state index contributed by atoms with van der Waals surface area (Å²) in [5.41, 5.74) is 0.637. The van der Waals surface area contributed by atoms with Crippen LogP contribution in [0.25, 0.3) is 0 Å². The van der Waals surface area contributed by atoms with Gasteiger partial charge in [0.2, 0.25) is 11.8 Å². The first-order valence-corrected chi connectivity index (χ1v) is 24.8. The number of thiazole rings is 1. The maximum absolute atomic E-state index is 14.3. The first-order valence-electron chi connectivity index (χ1n) is 21.7. The number of carbonyl (C=O) groups excluding carboxylic acids is 5. The van der Waals surface area contributed by atoms with Crippen LogP contribution in [0.3, 0.4) is 0 Å². The minimum atomic E-state index is -5.00. The lowest BCUT2D eigenvalue weighted by molar-refractivity contribution is -0.149. The second-order valence-corrected chi connectivity index (χ2v) is 19.8. The lowest BCUT2D eigenvalue weighted by atomic mass is 9.83. The maximum Gasteiger partial charge on any atom is 0.524 e. The van der Waals surface area contributed by atoms with Crippen molar-refractivity contribution >= 4 is 72.8 Å². The summed E-state index contributed by atoms with van der Waals surface area (Å²) in [7, 11) is -1.32. The minimum Gasteiger partial charge on any atom is -0.481 e. The van der Waals surface area contributed by atoms with Crippen molar-refractivity contribution in [3.8, 4) is 5.75 Å². The Labute approximate surface area is 380 Å². The number of benzene rings is 1. The van der Waals surface area contributed by atoms with E-state index in [2.05, 4.69) is 27.8 Å². The third-order valence-corrected chi connectivity index (χ3v) is 13.6. The Morgan fingerprint density at radius 1 is 1.08 bits per heavy atom. The van der Waals surface area contributed by atoms with E-state index in [1.54, 1.807) is 17.3 Å². The number of amides is 2. The van der Waals surface area contributed by atoms with Gasteiger partial charge in [-0.15, -0.1) is 11.3 Å². The van der Waals surface area contributed by atoms with E-state index in [0.29, 0.717) is 29.2 Å². The zero-order valence-electron chi connectivity index (χ0n) is 37.8. The van der Waals surface area contributed by atoms with Crippen molar-refractivity contribution < 1.29 is 57.5 Å². The van der Waals surface area contributed by atoms with Gasteiger partial charge in [-0.05, 0) is 86.9 Å². The van der Waals surface area contributed by atoms with Crippen LogP contribution < -0.4 is 9.84 Å². The molecule has 1 aromatic carbocycles. The number of nitrogens with one attached hydrogen (secondary N) is 1. The van der Waals surface area contributed by atoms with Crippen molar-refractivity contribution in [3.63, 3.8) is 0 Å². The number of carboxylic acid groups (broad SMARTS) is 1. The van der Waals surface area contributed by atoms with Crippen LogP contribution in [0.15, 0.2) is 23.6 Å². The van der Waals surface area contributed by atoms with Crippen LogP contribution in [0.1, 0.15) is 133 Å². The molecule has 7 atom stereocenters. The fourth-order valence-corrected chi connectivity index (χ4v) is 9.57. The molecule has 1 fully saturated rings. The van der Waals surface area contributed by atoms with Crippen LogP contribution in [-0.2, 0) is 39.7 Å². The number of nitrogens with zero attached hydrogens (tertiary/aromatic N) is 3. The summed E-state index contributed by atoms with van der Waals surface area (Å²) in [6.45, 7) is 11.6. The average molecular weight is 939 g/mol. The molecule has 4 N–H and O–H groups in total. The SMILES string of the molecule is CC[C@H](C)C(CC(=O)C1CCCCN1C)C(=O)N(C)[C@H](C[C@@H](OC(C)=O)c1nc(C(=O)C[C@@H](Cc2ccc(OP(=O)(O)O)c(NC(=O)CCCS)c2)CC(C)C(=O)O)cs1)C(C)C. The number of carbonyl (C=O) groups is 6. The van der Waals surface area contributed by atoms with Crippen LogP contribution >= 0.6 is 31.8 Å². The second kappa shape index (κ2) is 25.1. The Bertz CT molecular complexity index is 1940. The number of aliphatic carboxylic acids is 1. The monoisotopic (exact) mass is 938 g/mol. The number of Topliss-reactive ketones (excluding diaryl/α,β-unsaturated/α-hetero) is 2. The fourth-order valence-electron chi connectivity index (χ4n) is 8.14. The van der Waals surface area contributed by atoms with Gasteiger partial charge in [-0.2, -0.15) is 12.6 Å². The highest BCUT2D eigenvalue weighted by atomic mass is 32.1. The lowest BCUT2D eigenvalue weighted by Crippen LogP contribution is -2.48. The molecule has 0 bridgehead atoms. The highest BCUT2D eigenvalue weighted by Crippen LogP contribution is 2.42. The molecule has 0 spiro atoms. The first kappa shape index (κ1) is 53.7. The number of phosphoric ester groups is 1. The van der Waals surface area contributed by atoms with Gasteiger partial charge >= 0.3 is 19.8 Å². The third kappa shape index (κ3) is 17.0. The first-order chi connectivity index (χ1) is 29.5. The van der Waals surface area contributed by atoms with Crippen molar-refractivity contribution in [2.75, 3.05) is 31.7 Å². The number of rotatable bonds is 26. The van der Waals surface area contributed by atoms with Crippen LogP contribution in [0.2, 0.25) is 0 Å². The van der Waals surface area contributed by atoms with Gasteiger partial charge in [-0.1, -0.05) is 53.5 Å². The van der Waals surface area contributed by atoms with Gasteiger partial charge < -0.3 is 24.6 Å². The van der Waals surface area contributed by atoms with E-state index in [0.717, 1.165) is 37.1 Å². The molecule has 0 aliphatic carbocycles. The van der Waals surface area contributed by atoms with E-state index < -0.39 is 55.6 Å². The molecule has 1 saturated heterocycles. The molecular formula is C44H67N4O12PS2. The van der Waals surface area contributed by atoms with Gasteiger partial charge in [-0.3, -0.25) is 43.5 Å². The number of piperidine rings is 1. The number of aromatic nitrogens is 1. The summed E-state index contributed by atoms with van der Waals surface area (Å²) in [5.74, 6) is -4.41. The Balaban J connectivity index is 1.88. The second-order valence-electron chi connectivity index (χ2n) is 17.3. The molecule has 2 heterocycles. The van der Waals surface area contributed by atoms with Gasteiger partial charge in [0.1, 0.15) is 10.7 Å². The minimum absolute atomic E-state index is 0.000200. The molecule has 0 radical (unpaired) electrons. The molecule has 16 nitrogen and oxygen atoms in total. The van der Waals surface area contributed by atoms with E-state index in [1.807, 2.05) is 34.7 Å². The molecule has 19 heteroatoms. The summed E-state index contributed by atoms with van der Waals surface area (Å²) >= 11 is 5.25. The van der Waals surface area contributed by atoms with Crippen molar-refractivity contribution in [2.24, 2.45) is 29.6 Å². The number of anilines is 1. The zero-order chi connectivity index (χ0) is 47.2. The highest BCUT2D eigenvalue weighted by Gasteiger charge is 2.38. The van der Waals surface area contributed by atoms with Crippen LogP contribution in [0.5, 0.6) is 5.75 Å². The van der Waals surface area contributed by atoms with Gasteiger partial charge in [0.05, 0.1) is 17.6 Å². The topological polar surface area (TPSA) is 230 Å². The fraction of sp³-hybridized carbons (Fsp3) is 0.659. The smallest absolute Gasteiger partial charge is 0.481 e. The molecule has 3 rings (SSSR count). The van der Waals surface area contributed by atoms with Crippen molar-refractivity contribution in [3.05, 3.63) is 39.8 Å². The third-order valence-electron chi connectivity index (χ3n) is 11.9. The Morgan fingerprint density at radius 2 is 1.78 bits per heavy atom. The molecule has 2 aromatic rings. The van der Waals surface area contributed by atoms with Crippen LogP contribution in [0, 0.1) is 29.6 Å². The van der Waals surface area contributed by atoms with Crippen LogP contribution in [-0.4, -0.2) is 103 Å². The summed E-state index contributed by atoms with van der Waals surface area (Å²) in [4.78, 5) is 106. The van der Waals surface area contributed by atoms with Gasteiger partial charge in [0.25, 0.3) is 0 Å².